The molecule has 0 radical (unpaired) electrons. The summed E-state index contributed by atoms with van der Waals surface area (Å²) in [7, 11) is -9.36. The fraction of sp³-hybridized carbons (Fsp3) is 0.312. The predicted molar refractivity (Wildman–Crippen MR) is 97.2 cm³/mol. The Bertz CT molecular complexity index is 1010. The molecule has 0 N–H and O–H groups in total. The SMILES string of the molecule is CCOP(=O)(C=Cc1ccc2cccc(OS(=O)(=O)C(F)(F)F)c2n1)OCC. The second-order valence-electron chi connectivity index (χ2n) is 5.24. The highest BCUT2D eigenvalue weighted by Crippen LogP contribution is 2.50. The Morgan fingerprint density at radius 2 is 1.75 bits per heavy atom. The molecule has 2 rings (SSSR count). The third-order valence-electron chi connectivity index (χ3n) is 3.23. The molecule has 0 spiro atoms. The lowest BCUT2D eigenvalue weighted by atomic mass is 10.2. The molecule has 28 heavy (non-hydrogen) atoms. The van der Waals surface area contributed by atoms with Crippen molar-refractivity contribution < 1.29 is 39.4 Å². The van der Waals surface area contributed by atoms with Crippen LogP contribution >= 0.6 is 7.60 Å². The number of para-hydroxylation sites is 1. The molecular weight excluding hydrogens is 422 g/mol. The third-order valence-corrected chi connectivity index (χ3v) is 5.95. The van der Waals surface area contributed by atoms with Gasteiger partial charge in [0.05, 0.1) is 18.9 Å². The summed E-state index contributed by atoms with van der Waals surface area (Å²) in [5.41, 5.74) is -5.50. The molecule has 0 saturated heterocycles. The largest absolute Gasteiger partial charge is 0.534 e. The average Bonchev–Trinajstić information content (AvgIpc) is 2.59. The van der Waals surface area contributed by atoms with Crippen molar-refractivity contribution in [2.45, 2.75) is 19.4 Å². The maximum absolute atomic E-state index is 12.6. The van der Waals surface area contributed by atoms with Crippen molar-refractivity contribution in [2.24, 2.45) is 0 Å². The van der Waals surface area contributed by atoms with Gasteiger partial charge in [-0.1, -0.05) is 18.2 Å². The maximum atomic E-state index is 12.6. The van der Waals surface area contributed by atoms with E-state index in [1.807, 2.05) is 0 Å². The molecule has 7 nitrogen and oxygen atoms in total. The van der Waals surface area contributed by atoms with E-state index in [2.05, 4.69) is 9.17 Å². The van der Waals surface area contributed by atoms with Crippen molar-refractivity contribution in [3.63, 3.8) is 0 Å². The number of hydrogen-bond donors (Lipinski definition) is 0. The first-order chi connectivity index (χ1) is 13.0. The van der Waals surface area contributed by atoms with Crippen molar-refractivity contribution in [3.8, 4) is 5.75 Å². The van der Waals surface area contributed by atoms with Crippen molar-refractivity contribution in [2.75, 3.05) is 13.2 Å². The number of benzene rings is 1. The number of pyridine rings is 1. The van der Waals surface area contributed by atoms with Crippen molar-refractivity contribution >= 4 is 34.7 Å². The van der Waals surface area contributed by atoms with E-state index in [-0.39, 0.29) is 24.4 Å². The molecule has 0 saturated carbocycles. The van der Waals surface area contributed by atoms with Crippen LogP contribution in [0, 0.1) is 0 Å². The van der Waals surface area contributed by atoms with Gasteiger partial charge >= 0.3 is 23.2 Å². The third kappa shape index (κ3) is 5.32. The molecule has 154 valence electrons. The Morgan fingerprint density at radius 1 is 1.11 bits per heavy atom. The summed E-state index contributed by atoms with van der Waals surface area (Å²) in [4.78, 5) is 4.09. The summed E-state index contributed by atoms with van der Waals surface area (Å²) < 4.78 is 87.2. The summed E-state index contributed by atoms with van der Waals surface area (Å²) in [5, 5.41) is 0.352. The number of rotatable bonds is 8. The number of halogens is 3. The normalized spacial score (nSPS) is 13.3. The van der Waals surface area contributed by atoms with Crippen molar-refractivity contribution in [1.29, 1.82) is 0 Å². The second kappa shape index (κ2) is 8.60. The highest BCUT2D eigenvalue weighted by molar-refractivity contribution is 7.88. The van der Waals surface area contributed by atoms with Gasteiger partial charge in [0.15, 0.2) is 5.75 Å². The first-order valence-electron chi connectivity index (χ1n) is 8.00. The monoisotopic (exact) mass is 439 g/mol. The van der Waals surface area contributed by atoms with Gasteiger partial charge < -0.3 is 13.2 Å². The quantitative estimate of drug-likeness (QED) is 0.334. The summed E-state index contributed by atoms with van der Waals surface area (Å²) >= 11 is 0. The van der Waals surface area contributed by atoms with E-state index < -0.39 is 29.0 Å². The van der Waals surface area contributed by atoms with Crippen LogP contribution in [0.15, 0.2) is 36.1 Å². The van der Waals surface area contributed by atoms with Crippen LogP contribution in [0.1, 0.15) is 19.5 Å². The van der Waals surface area contributed by atoms with Gasteiger partial charge in [0, 0.05) is 11.2 Å². The van der Waals surface area contributed by atoms with Gasteiger partial charge in [-0.25, -0.2) is 4.98 Å². The Morgan fingerprint density at radius 3 is 2.32 bits per heavy atom. The van der Waals surface area contributed by atoms with Gasteiger partial charge in [0.2, 0.25) is 0 Å². The number of hydrogen-bond acceptors (Lipinski definition) is 7. The lowest BCUT2D eigenvalue weighted by molar-refractivity contribution is -0.0499. The zero-order valence-electron chi connectivity index (χ0n) is 14.8. The van der Waals surface area contributed by atoms with E-state index in [0.717, 1.165) is 6.07 Å². The molecule has 1 heterocycles. The molecular formula is C16H17F3NO6PS. The molecule has 0 aliphatic carbocycles. The van der Waals surface area contributed by atoms with E-state index in [1.165, 1.54) is 36.2 Å². The van der Waals surface area contributed by atoms with Gasteiger partial charge in [-0.05, 0) is 32.1 Å². The molecule has 0 unspecified atom stereocenters. The number of aromatic nitrogens is 1. The van der Waals surface area contributed by atoms with Crippen LogP contribution in [0.5, 0.6) is 5.75 Å². The Balaban J connectivity index is 2.44. The minimum atomic E-state index is -5.85. The van der Waals surface area contributed by atoms with Gasteiger partial charge in [0.25, 0.3) is 0 Å². The van der Waals surface area contributed by atoms with Crippen molar-refractivity contribution in [3.05, 3.63) is 41.8 Å². The average molecular weight is 439 g/mol. The molecule has 0 fully saturated rings. The van der Waals surface area contributed by atoms with Crippen molar-refractivity contribution in [1.82, 2.24) is 4.98 Å². The minimum Gasteiger partial charge on any atom is -0.374 e. The summed E-state index contributed by atoms with van der Waals surface area (Å²) in [6, 6.07) is 6.91. The summed E-state index contributed by atoms with van der Waals surface area (Å²) in [6.45, 7) is 3.55. The maximum Gasteiger partial charge on any atom is 0.534 e. The Labute approximate surface area is 159 Å². The molecule has 0 aliphatic rings. The Hall–Kier alpha value is -1.94. The lowest BCUT2D eigenvalue weighted by Crippen LogP contribution is -2.28. The molecule has 0 aliphatic heterocycles. The van der Waals surface area contributed by atoms with E-state index in [9.17, 15) is 26.2 Å². The van der Waals surface area contributed by atoms with Crippen LogP contribution in [-0.4, -0.2) is 32.1 Å². The second-order valence-corrected chi connectivity index (χ2v) is 8.67. The zero-order chi connectivity index (χ0) is 21.0. The fourth-order valence-electron chi connectivity index (χ4n) is 2.11. The van der Waals surface area contributed by atoms with Gasteiger partial charge in [-0.15, -0.1) is 0 Å². The molecule has 12 heteroatoms. The molecule has 1 aromatic carbocycles. The number of nitrogens with zero attached hydrogens (tertiary/aromatic N) is 1. The highest BCUT2D eigenvalue weighted by Gasteiger charge is 2.48. The van der Waals surface area contributed by atoms with Crippen LogP contribution < -0.4 is 4.18 Å². The van der Waals surface area contributed by atoms with E-state index >= 15 is 0 Å². The van der Waals surface area contributed by atoms with E-state index in [1.54, 1.807) is 13.8 Å². The van der Waals surface area contributed by atoms with Crippen LogP contribution in [0.25, 0.3) is 17.0 Å². The van der Waals surface area contributed by atoms with Crippen LogP contribution in [0.2, 0.25) is 0 Å². The van der Waals surface area contributed by atoms with Gasteiger partial charge in [-0.2, -0.15) is 21.6 Å². The first-order valence-corrected chi connectivity index (χ1v) is 11.0. The van der Waals surface area contributed by atoms with Crippen LogP contribution in [-0.2, 0) is 23.7 Å². The van der Waals surface area contributed by atoms with Crippen LogP contribution in [0.3, 0.4) is 0 Å². The highest BCUT2D eigenvalue weighted by atomic mass is 32.2. The molecule has 0 amide bonds. The first kappa shape index (κ1) is 22.4. The lowest BCUT2D eigenvalue weighted by Gasteiger charge is -2.13. The summed E-state index contributed by atoms with van der Waals surface area (Å²) in [5.74, 6) is 0.590. The van der Waals surface area contributed by atoms with E-state index in [0.29, 0.717) is 5.39 Å². The molecule has 0 atom stereocenters. The minimum absolute atomic E-state index is 0.111. The predicted octanol–water partition coefficient (Wildman–Crippen LogP) is 4.70. The number of fused-ring (bicyclic) bond motifs is 1. The Kier molecular flexibility index (Phi) is 6.87. The molecule has 2 aromatic rings. The number of alkyl halides is 3. The molecule has 0 bridgehead atoms. The zero-order valence-corrected chi connectivity index (χ0v) is 16.6. The smallest absolute Gasteiger partial charge is 0.374 e. The molecule has 1 aromatic heterocycles. The van der Waals surface area contributed by atoms with Gasteiger partial charge in [0.1, 0.15) is 5.52 Å². The topological polar surface area (TPSA) is 91.8 Å². The standard InChI is InChI=1S/C16H17F3NO6PS/c1-3-24-27(21,25-4-2)11-10-13-9-8-12-6-5-7-14(15(12)20-13)26-28(22,23)16(17,18)19/h5-11H,3-4H2,1-2H3. The van der Waals surface area contributed by atoms with Gasteiger partial charge in [-0.3, -0.25) is 4.57 Å². The van der Waals surface area contributed by atoms with E-state index in [4.69, 9.17) is 9.05 Å². The fourth-order valence-corrected chi connectivity index (χ4v) is 3.88. The van der Waals surface area contributed by atoms with Crippen LogP contribution in [0.4, 0.5) is 13.2 Å². The summed E-state index contributed by atoms with van der Waals surface area (Å²) in [6.07, 6.45) is 1.31.